The second-order valence-electron chi connectivity index (χ2n) is 5.96. The Labute approximate surface area is 146 Å². The topological polar surface area (TPSA) is 56.8 Å². The molecule has 0 aliphatic rings. The maximum Gasteiger partial charge on any atom is 0.251 e. The largest absolute Gasteiger partial charge is 0.493 e. The normalized spacial score (nSPS) is 11.0. The van der Waals surface area contributed by atoms with Crippen LogP contribution in [0.2, 0.25) is 0 Å². The minimum absolute atomic E-state index is 0.134. The predicted molar refractivity (Wildman–Crippen MR) is 95.8 cm³/mol. The van der Waals surface area contributed by atoms with Crippen LogP contribution in [0.3, 0.4) is 0 Å². The summed E-state index contributed by atoms with van der Waals surface area (Å²) in [5.74, 6) is 1.20. The first-order chi connectivity index (χ1) is 11.4. The van der Waals surface area contributed by atoms with Gasteiger partial charge in [0.1, 0.15) is 0 Å². The monoisotopic (exact) mass is 349 g/mol. The van der Waals surface area contributed by atoms with E-state index >= 15 is 0 Å². The fourth-order valence-corrected chi connectivity index (χ4v) is 3.22. The number of rotatable bonds is 7. The van der Waals surface area contributed by atoms with E-state index in [2.05, 4.69) is 25.2 Å². The van der Waals surface area contributed by atoms with E-state index in [0.29, 0.717) is 29.4 Å². The summed E-state index contributed by atoms with van der Waals surface area (Å²) in [5.41, 5.74) is 0.330. The second kappa shape index (κ2) is 7.57. The molecule has 24 heavy (non-hydrogen) atoms. The van der Waals surface area contributed by atoms with Gasteiger partial charge in [-0.2, -0.15) is 0 Å². The summed E-state index contributed by atoms with van der Waals surface area (Å²) in [7, 11) is 4.58. The third-order valence-electron chi connectivity index (χ3n) is 3.81. The van der Waals surface area contributed by atoms with Crippen LogP contribution in [0.15, 0.2) is 29.6 Å². The molecule has 5 nitrogen and oxygen atoms in total. The first-order valence-corrected chi connectivity index (χ1v) is 8.43. The van der Waals surface area contributed by atoms with E-state index in [1.54, 1.807) is 23.5 Å². The van der Waals surface area contributed by atoms with Gasteiger partial charge in [0.05, 0.1) is 21.3 Å². The van der Waals surface area contributed by atoms with Crippen molar-refractivity contribution in [1.29, 1.82) is 0 Å². The average molecular weight is 349 g/mol. The van der Waals surface area contributed by atoms with Crippen LogP contribution in [0.5, 0.6) is 17.2 Å². The van der Waals surface area contributed by atoms with Crippen molar-refractivity contribution in [1.82, 2.24) is 5.32 Å². The molecule has 0 spiro atoms. The molecule has 0 aliphatic heterocycles. The zero-order chi connectivity index (χ0) is 17.7. The number of ether oxygens (including phenoxy) is 3. The SMILES string of the molecule is COc1cc(C(=O)NCC(C)(C)c2cccs2)cc(OC)c1OC. The molecule has 0 bridgehead atoms. The molecular formula is C18H23NO4S. The Bertz CT molecular complexity index is 670. The van der Waals surface area contributed by atoms with Crippen LogP contribution in [0, 0.1) is 0 Å². The van der Waals surface area contributed by atoms with Crippen molar-refractivity contribution in [2.45, 2.75) is 19.3 Å². The summed E-state index contributed by atoms with van der Waals surface area (Å²) in [5, 5.41) is 5.02. The van der Waals surface area contributed by atoms with Gasteiger partial charge in [0.2, 0.25) is 5.75 Å². The van der Waals surface area contributed by atoms with Gasteiger partial charge in [0.25, 0.3) is 5.91 Å². The first-order valence-electron chi connectivity index (χ1n) is 7.55. The van der Waals surface area contributed by atoms with Crippen LogP contribution in [0.1, 0.15) is 29.1 Å². The fourth-order valence-electron chi connectivity index (χ4n) is 2.37. The third-order valence-corrected chi connectivity index (χ3v) is 5.04. The van der Waals surface area contributed by atoms with Gasteiger partial charge in [0, 0.05) is 22.4 Å². The van der Waals surface area contributed by atoms with Crippen LogP contribution in [-0.4, -0.2) is 33.8 Å². The molecule has 1 amide bonds. The lowest BCUT2D eigenvalue weighted by Gasteiger charge is -2.24. The smallest absolute Gasteiger partial charge is 0.251 e. The van der Waals surface area contributed by atoms with Crippen LogP contribution < -0.4 is 19.5 Å². The predicted octanol–water partition coefficient (Wildman–Crippen LogP) is 3.48. The Kier molecular flexibility index (Phi) is 5.72. The Morgan fingerprint density at radius 1 is 1.12 bits per heavy atom. The number of thiophene rings is 1. The molecule has 1 heterocycles. The summed E-state index contributed by atoms with van der Waals surface area (Å²) in [4.78, 5) is 13.8. The minimum Gasteiger partial charge on any atom is -0.493 e. The minimum atomic E-state index is -0.182. The molecule has 0 unspecified atom stereocenters. The Hall–Kier alpha value is -2.21. The number of carbonyl (C=O) groups excluding carboxylic acids is 1. The van der Waals surface area contributed by atoms with E-state index in [1.807, 2.05) is 11.4 Å². The molecule has 0 radical (unpaired) electrons. The van der Waals surface area contributed by atoms with Gasteiger partial charge in [0.15, 0.2) is 11.5 Å². The highest BCUT2D eigenvalue weighted by Gasteiger charge is 2.23. The van der Waals surface area contributed by atoms with Crippen molar-refractivity contribution >= 4 is 17.2 Å². The van der Waals surface area contributed by atoms with Crippen LogP contribution in [-0.2, 0) is 5.41 Å². The van der Waals surface area contributed by atoms with E-state index < -0.39 is 0 Å². The highest BCUT2D eigenvalue weighted by molar-refractivity contribution is 7.10. The lowest BCUT2D eigenvalue weighted by molar-refractivity contribution is 0.0945. The summed E-state index contributed by atoms with van der Waals surface area (Å²) < 4.78 is 15.9. The highest BCUT2D eigenvalue weighted by atomic mass is 32.1. The maximum atomic E-state index is 12.5. The molecule has 0 saturated heterocycles. The Morgan fingerprint density at radius 3 is 2.21 bits per heavy atom. The highest BCUT2D eigenvalue weighted by Crippen LogP contribution is 2.38. The molecule has 6 heteroatoms. The van der Waals surface area contributed by atoms with Crippen molar-refractivity contribution in [2.75, 3.05) is 27.9 Å². The van der Waals surface area contributed by atoms with Crippen molar-refractivity contribution in [2.24, 2.45) is 0 Å². The number of carbonyl (C=O) groups is 1. The Morgan fingerprint density at radius 2 is 1.75 bits per heavy atom. The summed E-state index contributed by atoms with van der Waals surface area (Å²) in [6, 6.07) is 7.39. The molecular weight excluding hydrogens is 326 g/mol. The Balaban J connectivity index is 2.18. The zero-order valence-corrected chi connectivity index (χ0v) is 15.5. The number of hydrogen-bond acceptors (Lipinski definition) is 5. The van der Waals surface area contributed by atoms with Gasteiger partial charge in [-0.25, -0.2) is 0 Å². The first kappa shape index (κ1) is 18.1. The van der Waals surface area contributed by atoms with Gasteiger partial charge < -0.3 is 19.5 Å². The maximum absolute atomic E-state index is 12.5. The molecule has 1 aromatic carbocycles. The van der Waals surface area contributed by atoms with E-state index in [0.717, 1.165) is 0 Å². The van der Waals surface area contributed by atoms with Gasteiger partial charge >= 0.3 is 0 Å². The van der Waals surface area contributed by atoms with Crippen molar-refractivity contribution < 1.29 is 19.0 Å². The molecule has 0 fully saturated rings. The number of hydrogen-bond donors (Lipinski definition) is 1. The number of methoxy groups -OCH3 is 3. The molecule has 130 valence electrons. The van der Waals surface area contributed by atoms with Gasteiger partial charge in [-0.05, 0) is 23.6 Å². The van der Waals surface area contributed by atoms with E-state index in [9.17, 15) is 4.79 Å². The molecule has 2 aromatic rings. The van der Waals surface area contributed by atoms with E-state index in [1.165, 1.54) is 26.2 Å². The fraction of sp³-hybridized carbons (Fsp3) is 0.389. The van der Waals surface area contributed by atoms with Gasteiger partial charge in [-0.3, -0.25) is 4.79 Å². The van der Waals surface area contributed by atoms with Crippen LogP contribution >= 0.6 is 11.3 Å². The van der Waals surface area contributed by atoms with Crippen LogP contribution in [0.25, 0.3) is 0 Å². The zero-order valence-electron chi connectivity index (χ0n) is 14.6. The number of benzene rings is 1. The van der Waals surface area contributed by atoms with E-state index in [-0.39, 0.29) is 11.3 Å². The molecule has 1 N–H and O–H groups in total. The quantitative estimate of drug-likeness (QED) is 0.831. The van der Waals surface area contributed by atoms with Crippen LogP contribution in [0.4, 0.5) is 0 Å². The second-order valence-corrected chi connectivity index (χ2v) is 6.91. The molecule has 1 aromatic heterocycles. The molecule has 0 aliphatic carbocycles. The van der Waals surface area contributed by atoms with Crippen molar-refractivity contribution in [3.05, 3.63) is 40.1 Å². The van der Waals surface area contributed by atoms with Gasteiger partial charge in [-0.1, -0.05) is 19.9 Å². The summed E-state index contributed by atoms with van der Waals surface area (Å²) in [6.45, 7) is 4.74. The average Bonchev–Trinajstić information content (AvgIpc) is 3.13. The van der Waals surface area contributed by atoms with Crippen molar-refractivity contribution in [3.8, 4) is 17.2 Å². The summed E-state index contributed by atoms with van der Waals surface area (Å²) >= 11 is 1.69. The lowest BCUT2D eigenvalue weighted by Crippen LogP contribution is -2.36. The molecule has 0 atom stereocenters. The summed E-state index contributed by atoms with van der Waals surface area (Å²) in [6.07, 6.45) is 0. The van der Waals surface area contributed by atoms with Gasteiger partial charge in [-0.15, -0.1) is 11.3 Å². The number of amides is 1. The lowest BCUT2D eigenvalue weighted by atomic mass is 9.91. The van der Waals surface area contributed by atoms with E-state index in [4.69, 9.17) is 14.2 Å². The molecule has 2 rings (SSSR count). The molecule has 0 saturated carbocycles. The number of nitrogens with one attached hydrogen (secondary N) is 1. The third kappa shape index (κ3) is 3.82. The standard InChI is InChI=1S/C18H23NO4S/c1-18(2,15-7-6-8-24-15)11-19-17(20)12-9-13(21-3)16(23-5)14(10-12)22-4/h6-10H,11H2,1-5H3,(H,19,20). The van der Waals surface area contributed by atoms with Crippen molar-refractivity contribution in [3.63, 3.8) is 0 Å².